The normalized spacial score (nSPS) is 29.5. The number of imide groups is 1. The Morgan fingerprint density at radius 1 is 1.24 bits per heavy atom. The molecule has 3 N–H and O–H groups in total. The molecule has 9 heteroatoms. The third kappa shape index (κ3) is 2.96. The van der Waals surface area contributed by atoms with Crippen molar-refractivity contribution in [3.05, 3.63) is 18.3 Å². The summed E-state index contributed by atoms with van der Waals surface area (Å²) in [6.45, 7) is 0.0956. The summed E-state index contributed by atoms with van der Waals surface area (Å²) in [4.78, 5) is 42.1. The van der Waals surface area contributed by atoms with Crippen LogP contribution in [0, 0.1) is 11.8 Å². The number of hydrogen-bond donors (Lipinski definition) is 2. The summed E-state index contributed by atoms with van der Waals surface area (Å²) < 4.78 is 5.68. The van der Waals surface area contributed by atoms with Crippen LogP contribution in [0.2, 0.25) is 0 Å². The van der Waals surface area contributed by atoms with Gasteiger partial charge in [-0.1, -0.05) is 0 Å². The number of ether oxygens (including phenoxy) is 1. The first kappa shape index (κ1) is 17.6. The van der Waals surface area contributed by atoms with Crippen LogP contribution in [0.15, 0.2) is 18.3 Å². The van der Waals surface area contributed by atoms with Gasteiger partial charge < -0.3 is 15.8 Å². The van der Waals surface area contributed by atoms with E-state index in [9.17, 15) is 14.4 Å². The first-order valence-corrected chi connectivity index (χ1v) is 8.06. The molecule has 3 fully saturated rings. The average molecular weight is 367 g/mol. The lowest BCUT2D eigenvalue weighted by molar-refractivity contribution is -0.142. The van der Waals surface area contributed by atoms with Gasteiger partial charge in [0, 0.05) is 13.0 Å². The number of hydrogen-bond acceptors (Lipinski definition) is 6. The largest absolute Gasteiger partial charge is 0.384 e. The van der Waals surface area contributed by atoms with Crippen LogP contribution in [0.1, 0.15) is 19.3 Å². The number of fused-ring (bicyclic) bond motifs is 5. The van der Waals surface area contributed by atoms with Crippen LogP contribution in [0.25, 0.3) is 0 Å². The number of aromatic nitrogens is 1. The topological polar surface area (TPSA) is 115 Å². The molecule has 0 aromatic carbocycles. The Hall–Kier alpha value is -2.19. The third-order valence-corrected chi connectivity index (χ3v) is 5.01. The number of pyridine rings is 1. The van der Waals surface area contributed by atoms with E-state index in [-0.39, 0.29) is 67.1 Å². The number of nitrogen functional groups attached to an aromatic ring is 1. The van der Waals surface area contributed by atoms with E-state index >= 15 is 0 Å². The zero-order valence-electron chi connectivity index (χ0n) is 13.4. The van der Waals surface area contributed by atoms with Gasteiger partial charge in [0.25, 0.3) is 0 Å². The quantitative estimate of drug-likeness (QED) is 0.753. The van der Waals surface area contributed by atoms with Crippen molar-refractivity contribution in [1.82, 2.24) is 9.88 Å². The number of nitrogens with one attached hydrogen (secondary N) is 1. The van der Waals surface area contributed by atoms with Crippen molar-refractivity contribution in [3.8, 4) is 0 Å². The fourth-order valence-corrected chi connectivity index (χ4v) is 3.91. The van der Waals surface area contributed by atoms with Gasteiger partial charge in [-0.2, -0.15) is 0 Å². The van der Waals surface area contributed by atoms with Crippen LogP contribution in [0.3, 0.4) is 0 Å². The molecule has 4 heterocycles. The number of halogens is 1. The van der Waals surface area contributed by atoms with Gasteiger partial charge in [-0.25, -0.2) is 4.98 Å². The molecule has 4 unspecified atom stereocenters. The first-order chi connectivity index (χ1) is 11.5. The maximum Gasteiger partial charge on any atom is 0.235 e. The van der Waals surface area contributed by atoms with Gasteiger partial charge in [0.05, 0.1) is 35.9 Å². The molecule has 0 aliphatic carbocycles. The highest BCUT2D eigenvalue weighted by atomic mass is 35.5. The van der Waals surface area contributed by atoms with Gasteiger partial charge >= 0.3 is 0 Å². The summed E-state index contributed by atoms with van der Waals surface area (Å²) in [5.41, 5.74) is 6.01. The fourth-order valence-electron chi connectivity index (χ4n) is 3.91. The summed E-state index contributed by atoms with van der Waals surface area (Å²) in [6.07, 6.45) is 2.93. The average Bonchev–Trinajstić information content (AvgIpc) is 3.23. The van der Waals surface area contributed by atoms with Crippen molar-refractivity contribution < 1.29 is 19.1 Å². The summed E-state index contributed by atoms with van der Waals surface area (Å²) in [7, 11) is 0. The van der Waals surface area contributed by atoms with E-state index in [2.05, 4.69) is 10.3 Å². The van der Waals surface area contributed by atoms with Gasteiger partial charge in [-0.05, 0) is 25.0 Å². The maximum atomic E-state index is 12.5. The second kappa shape index (κ2) is 6.61. The second-order valence-electron chi connectivity index (χ2n) is 6.44. The van der Waals surface area contributed by atoms with Gasteiger partial charge in [0.15, 0.2) is 0 Å². The number of carbonyl (C=O) groups is 3. The standard InChI is InChI=1S/C16H18N4O4.ClH/c17-11-4-1-8(7-18-11)19-12(21)5-6-20-15(22)13-9-2-3-10(24-9)14(13)16(20)23;/h1,4,7,9-10,13-14H,2-3,5-6H2,(H2,17,18)(H,19,21);1H. The summed E-state index contributed by atoms with van der Waals surface area (Å²) in [5, 5.41) is 2.67. The summed E-state index contributed by atoms with van der Waals surface area (Å²) in [6, 6.07) is 3.23. The molecule has 0 radical (unpaired) electrons. The Kier molecular flexibility index (Phi) is 4.66. The van der Waals surface area contributed by atoms with Crippen LogP contribution in [-0.4, -0.2) is 46.4 Å². The number of nitrogens with zero attached hydrogens (tertiary/aromatic N) is 2. The molecular weight excluding hydrogens is 348 g/mol. The van der Waals surface area contributed by atoms with E-state index in [1.54, 1.807) is 12.1 Å². The molecule has 134 valence electrons. The smallest absolute Gasteiger partial charge is 0.235 e. The SMILES string of the molecule is Cl.Nc1ccc(NC(=O)CCN2C(=O)C3C4CCC(O4)C3C2=O)cn1. The minimum absolute atomic E-state index is 0. The van der Waals surface area contributed by atoms with E-state index in [4.69, 9.17) is 10.5 Å². The minimum Gasteiger partial charge on any atom is -0.384 e. The van der Waals surface area contributed by atoms with E-state index in [1.165, 1.54) is 11.1 Å². The number of nitrogens with two attached hydrogens (primary N) is 1. The Morgan fingerprint density at radius 2 is 1.88 bits per heavy atom. The molecular formula is C16H19ClN4O4. The number of anilines is 2. The molecule has 25 heavy (non-hydrogen) atoms. The fraction of sp³-hybridized carbons (Fsp3) is 0.500. The molecule has 3 aliphatic rings. The lowest BCUT2D eigenvalue weighted by Crippen LogP contribution is -2.36. The van der Waals surface area contributed by atoms with Crippen molar-refractivity contribution in [2.24, 2.45) is 11.8 Å². The van der Waals surface area contributed by atoms with Crippen molar-refractivity contribution in [2.45, 2.75) is 31.5 Å². The highest BCUT2D eigenvalue weighted by Gasteiger charge is 2.62. The zero-order valence-corrected chi connectivity index (χ0v) is 14.2. The molecule has 1 aromatic rings. The van der Waals surface area contributed by atoms with Crippen molar-refractivity contribution in [2.75, 3.05) is 17.6 Å². The second-order valence-corrected chi connectivity index (χ2v) is 6.44. The molecule has 3 amide bonds. The molecule has 8 nitrogen and oxygen atoms in total. The van der Waals surface area contributed by atoms with Gasteiger partial charge in [-0.15, -0.1) is 12.4 Å². The molecule has 1 aromatic heterocycles. The van der Waals surface area contributed by atoms with Crippen molar-refractivity contribution in [3.63, 3.8) is 0 Å². The lowest BCUT2D eigenvalue weighted by atomic mass is 9.81. The monoisotopic (exact) mass is 366 g/mol. The highest BCUT2D eigenvalue weighted by Crippen LogP contribution is 2.48. The Bertz CT molecular complexity index is 683. The van der Waals surface area contributed by atoms with Gasteiger partial charge in [-0.3, -0.25) is 19.3 Å². The van der Waals surface area contributed by atoms with Crippen molar-refractivity contribution in [1.29, 1.82) is 0 Å². The minimum atomic E-state index is -0.347. The lowest BCUT2D eigenvalue weighted by Gasteiger charge is -2.17. The maximum absolute atomic E-state index is 12.5. The molecule has 0 spiro atoms. The van der Waals surface area contributed by atoms with E-state index in [0.29, 0.717) is 11.5 Å². The molecule has 0 saturated carbocycles. The number of likely N-dealkylation sites (tertiary alicyclic amines) is 1. The number of carbonyl (C=O) groups excluding carboxylic acids is 3. The van der Waals surface area contributed by atoms with Crippen LogP contribution in [0.4, 0.5) is 11.5 Å². The highest BCUT2D eigenvalue weighted by molar-refractivity contribution is 6.06. The Labute approximate surface area is 150 Å². The van der Waals surface area contributed by atoms with E-state index in [0.717, 1.165) is 12.8 Å². The zero-order chi connectivity index (χ0) is 16.8. The molecule has 2 bridgehead atoms. The van der Waals surface area contributed by atoms with Gasteiger partial charge in [0.2, 0.25) is 17.7 Å². The summed E-state index contributed by atoms with van der Waals surface area (Å²) in [5.74, 6) is -0.998. The molecule has 3 aliphatic heterocycles. The van der Waals surface area contributed by atoms with Crippen LogP contribution in [-0.2, 0) is 19.1 Å². The van der Waals surface area contributed by atoms with E-state index in [1.807, 2.05) is 0 Å². The van der Waals surface area contributed by atoms with E-state index < -0.39 is 0 Å². The predicted molar refractivity (Wildman–Crippen MR) is 90.7 cm³/mol. The van der Waals surface area contributed by atoms with Crippen LogP contribution >= 0.6 is 12.4 Å². The molecule has 3 saturated heterocycles. The molecule has 4 rings (SSSR count). The van der Waals surface area contributed by atoms with Crippen LogP contribution < -0.4 is 11.1 Å². The van der Waals surface area contributed by atoms with Crippen molar-refractivity contribution >= 4 is 41.6 Å². The Balaban J connectivity index is 0.00000182. The third-order valence-electron chi connectivity index (χ3n) is 5.01. The first-order valence-electron chi connectivity index (χ1n) is 8.06. The molecule has 4 atom stereocenters. The Morgan fingerprint density at radius 3 is 2.44 bits per heavy atom. The van der Waals surface area contributed by atoms with Gasteiger partial charge in [0.1, 0.15) is 5.82 Å². The number of rotatable bonds is 4. The predicted octanol–water partition coefficient (Wildman–Crippen LogP) is 0.577. The number of amides is 3. The summed E-state index contributed by atoms with van der Waals surface area (Å²) >= 11 is 0. The van der Waals surface area contributed by atoms with Crippen LogP contribution in [0.5, 0.6) is 0 Å².